The molecule has 0 heterocycles. The fourth-order valence-corrected chi connectivity index (χ4v) is 1.99. The molecule has 3 heteroatoms. The van der Waals surface area contributed by atoms with E-state index in [0.29, 0.717) is 0 Å². The molecule has 0 amide bonds. The topological polar surface area (TPSA) is 12.5 Å². The first kappa shape index (κ1) is 15.3. The second-order valence-electron chi connectivity index (χ2n) is 4.50. The van der Waals surface area contributed by atoms with Gasteiger partial charge in [0.25, 0.3) is 0 Å². The lowest BCUT2D eigenvalue weighted by Gasteiger charge is -2.14. The van der Waals surface area contributed by atoms with Crippen molar-refractivity contribution < 1.29 is 4.74 Å². The van der Waals surface area contributed by atoms with Gasteiger partial charge in [0.05, 0.1) is 0 Å². The zero-order valence-electron chi connectivity index (χ0n) is 10.8. The summed E-state index contributed by atoms with van der Waals surface area (Å²) in [6.07, 6.45) is 5.78. The molecule has 0 aliphatic carbocycles. The van der Waals surface area contributed by atoms with Crippen LogP contribution in [0.4, 0.5) is 0 Å². The number of nitrogens with zero attached hydrogens (tertiary/aromatic N) is 1. The van der Waals surface area contributed by atoms with E-state index in [0.717, 1.165) is 38.0 Å². The maximum absolute atomic E-state index is 5.58. The minimum atomic E-state index is 0.807. The maximum Gasteiger partial charge on any atom is 0.0478 e. The summed E-state index contributed by atoms with van der Waals surface area (Å²) < 4.78 is 5.58. The summed E-state index contributed by atoms with van der Waals surface area (Å²) in [6, 6.07) is 0. The highest BCUT2D eigenvalue weighted by Gasteiger charge is 1.97. The van der Waals surface area contributed by atoms with Crippen LogP contribution in [0.5, 0.6) is 0 Å². The van der Waals surface area contributed by atoms with Crippen molar-refractivity contribution >= 4 is 11.8 Å². The molecule has 0 aromatic carbocycles. The normalized spacial score (nSPS) is 11.6. The van der Waals surface area contributed by atoms with Crippen molar-refractivity contribution in [1.29, 1.82) is 0 Å². The molecule has 0 spiro atoms. The molecule has 2 nitrogen and oxygen atoms in total. The highest BCUT2D eigenvalue weighted by Crippen LogP contribution is 2.03. The third kappa shape index (κ3) is 12.2. The second kappa shape index (κ2) is 10.8. The summed E-state index contributed by atoms with van der Waals surface area (Å²) in [5.41, 5.74) is 0. The van der Waals surface area contributed by atoms with Gasteiger partial charge in [-0.25, -0.2) is 0 Å². The van der Waals surface area contributed by atoms with Crippen molar-refractivity contribution in [3.63, 3.8) is 0 Å². The summed E-state index contributed by atoms with van der Waals surface area (Å²) in [5, 5.41) is 0. The van der Waals surface area contributed by atoms with Crippen LogP contribution in [0, 0.1) is 5.92 Å². The molecule has 0 rings (SSSR count). The van der Waals surface area contributed by atoms with Gasteiger partial charge in [0.2, 0.25) is 0 Å². The quantitative estimate of drug-likeness (QED) is 0.425. The van der Waals surface area contributed by atoms with E-state index in [1.807, 2.05) is 11.8 Å². The van der Waals surface area contributed by atoms with Crippen molar-refractivity contribution in [1.82, 2.24) is 4.90 Å². The van der Waals surface area contributed by atoms with Crippen molar-refractivity contribution in [2.45, 2.75) is 33.1 Å². The van der Waals surface area contributed by atoms with Gasteiger partial charge >= 0.3 is 0 Å². The van der Waals surface area contributed by atoms with Gasteiger partial charge in [-0.15, -0.1) is 11.8 Å². The predicted molar refractivity (Wildman–Crippen MR) is 70.5 cm³/mol. The summed E-state index contributed by atoms with van der Waals surface area (Å²) >= 11 is 1.87. The third-order valence-electron chi connectivity index (χ3n) is 2.25. The van der Waals surface area contributed by atoms with Gasteiger partial charge in [0, 0.05) is 25.6 Å². The van der Waals surface area contributed by atoms with Crippen molar-refractivity contribution in [2.75, 3.05) is 38.9 Å². The van der Waals surface area contributed by atoms with Gasteiger partial charge < -0.3 is 4.74 Å². The molecule has 0 N–H and O–H groups in total. The monoisotopic (exact) mass is 233 g/mol. The fraction of sp³-hybridized carbons (Fsp3) is 1.00. The van der Waals surface area contributed by atoms with E-state index in [1.165, 1.54) is 12.8 Å². The van der Waals surface area contributed by atoms with E-state index in [-0.39, 0.29) is 0 Å². The molecule has 0 aromatic heterocycles. The number of ether oxygens (including phenoxy) is 1. The van der Waals surface area contributed by atoms with Gasteiger partial charge in [0.15, 0.2) is 0 Å². The second-order valence-corrected chi connectivity index (χ2v) is 5.33. The Hall–Kier alpha value is 0.270. The lowest BCUT2D eigenvalue weighted by Crippen LogP contribution is -2.20. The summed E-state index contributed by atoms with van der Waals surface area (Å²) in [6.45, 7) is 7.51. The first-order valence-corrected chi connectivity index (χ1v) is 7.31. The molecule has 92 valence electrons. The predicted octanol–water partition coefficient (Wildman–Crippen LogP) is 3.08. The molecule has 0 aromatic rings. The molecule has 0 aliphatic rings. The Morgan fingerprint density at radius 1 is 1.20 bits per heavy atom. The number of hydrogen-bond donors (Lipinski definition) is 0. The average molecular weight is 233 g/mol. The minimum Gasteiger partial charge on any atom is -0.381 e. The summed E-state index contributed by atoms with van der Waals surface area (Å²) in [5.74, 6) is 1.93. The van der Waals surface area contributed by atoms with Crippen molar-refractivity contribution in [3.8, 4) is 0 Å². The largest absolute Gasteiger partial charge is 0.381 e. The van der Waals surface area contributed by atoms with Crippen molar-refractivity contribution in [3.05, 3.63) is 0 Å². The molecule has 0 saturated carbocycles. The van der Waals surface area contributed by atoms with E-state index >= 15 is 0 Å². The molecular weight excluding hydrogens is 206 g/mol. The molecule has 0 radical (unpaired) electrons. The SMILES string of the molecule is CSCN(C)CCCOCCCC(C)C. The first-order valence-electron chi connectivity index (χ1n) is 5.92. The van der Waals surface area contributed by atoms with Crippen LogP contribution < -0.4 is 0 Å². The van der Waals surface area contributed by atoms with Gasteiger partial charge in [0.1, 0.15) is 0 Å². The van der Waals surface area contributed by atoms with Gasteiger partial charge in [-0.05, 0) is 38.5 Å². The highest BCUT2D eigenvalue weighted by atomic mass is 32.2. The average Bonchev–Trinajstić information content (AvgIpc) is 2.16. The van der Waals surface area contributed by atoms with Gasteiger partial charge in [-0.2, -0.15) is 0 Å². The number of thioether (sulfide) groups is 1. The van der Waals surface area contributed by atoms with Crippen LogP contribution in [0.2, 0.25) is 0 Å². The van der Waals surface area contributed by atoms with E-state index < -0.39 is 0 Å². The zero-order valence-corrected chi connectivity index (χ0v) is 11.6. The fourth-order valence-electron chi connectivity index (χ4n) is 1.42. The molecule has 0 bridgehead atoms. The van der Waals surface area contributed by atoms with E-state index in [9.17, 15) is 0 Å². The molecule has 0 atom stereocenters. The Balaban J connectivity index is 3.04. The van der Waals surface area contributed by atoms with E-state index in [4.69, 9.17) is 4.74 Å². The summed E-state index contributed by atoms with van der Waals surface area (Å²) in [7, 11) is 2.16. The molecule has 0 unspecified atom stereocenters. The standard InChI is InChI=1S/C12H27NOS/c1-12(2)7-5-9-14-10-6-8-13(3)11-15-4/h12H,5-11H2,1-4H3. The molecule has 0 fully saturated rings. The van der Waals surface area contributed by atoms with Crippen LogP contribution in [-0.4, -0.2) is 43.8 Å². The van der Waals surface area contributed by atoms with Gasteiger partial charge in [-0.3, -0.25) is 4.90 Å². The number of hydrogen-bond acceptors (Lipinski definition) is 3. The Kier molecular flexibility index (Phi) is 11.0. The Morgan fingerprint density at radius 2 is 1.87 bits per heavy atom. The highest BCUT2D eigenvalue weighted by molar-refractivity contribution is 7.98. The van der Waals surface area contributed by atoms with Crippen LogP contribution in [-0.2, 0) is 4.74 Å². The smallest absolute Gasteiger partial charge is 0.0478 e. The molecular formula is C12H27NOS. The van der Waals surface area contributed by atoms with Crippen LogP contribution in [0.25, 0.3) is 0 Å². The molecule has 15 heavy (non-hydrogen) atoms. The van der Waals surface area contributed by atoms with E-state index in [1.54, 1.807) is 0 Å². The lowest BCUT2D eigenvalue weighted by atomic mass is 10.1. The van der Waals surface area contributed by atoms with Gasteiger partial charge in [-0.1, -0.05) is 13.8 Å². The van der Waals surface area contributed by atoms with Crippen LogP contribution in [0.1, 0.15) is 33.1 Å². The minimum absolute atomic E-state index is 0.807. The Bertz CT molecular complexity index is 131. The van der Waals surface area contributed by atoms with Crippen molar-refractivity contribution in [2.24, 2.45) is 5.92 Å². The Labute approximate surface area is 99.8 Å². The maximum atomic E-state index is 5.58. The lowest BCUT2D eigenvalue weighted by molar-refractivity contribution is 0.119. The van der Waals surface area contributed by atoms with Crippen LogP contribution in [0.15, 0.2) is 0 Å². The summed E-state index contributed by atoms with van der Waals surface area (Å²) in [4.78, 5) is 2.34. The zero-order chi connectivity index (χ0) is 11.5. The first-order chi connectivity index (χ1) is 7.16. The number of rotatable bonds is 10. The van der Waals surface area contributed by atoms with Crippen LogP contribution >= 0.6 is 11.8 Å². The van der Waals surface area contributed by atoms with Crippen LogP contribution in [0.3, 0.4) is 0 Å². The Morgan fingerprint density at radius 3 is 2.47 bits per heavy atom. The van der Waals surface area contributed by atoms with E-state index in [2.05, 4.69) is 32.1 Å². The third-order valence-corrected chi connectivity index (χ3v) is 2.95. The molecule has 0 aliphatic heterocycles. The molecule has 0 saturated heterocycles.